The van der Waals surface area contributed by atoms with Gasteiger partial charge in [0.25, 0.3) is 5.91 Å². The van der Waals surface area contributed by atoms with E-state index in [4.69, 9.17) is 4.74 Å². The minimum absolute atomic E-state index is 0.154. The van der Waals surface area contributed by atoms with Crippen molar-refractivity contribution in [2.24, 2.45) is 0 Å². The van der Waals surface area contributed by atoms with Crippen LogP contribution in [0.3, 0.4) is 0 Å². The Kier molecular flexibility index (Phi) is 7.02. The molecule has 0 radical (unpaired) electrons. The second kappa shape index (κ2) is 9.23. The zero-order valence-electron chi connectivity index (χ0n) is 15.5. The Hall–Kier alpha value is -2.33. The van der Waals surface area contributed by atoms with Gasteiger partial charge in [-0.1, -0.05) is 51.1 Å². The molecule has 2 N–H and O–H groups in total. The van der Waals surface area contributed by atoms with Crippen LogP contribution in [0.25, 0.3) is 0 Å². The molecule has 134 valence electrons. The minimum atomic E-state index is -0.574. The number of nitrogens with one attached hydrogen (secondary N) is 2. The molecule has 2 aromatic carbocycles. The van der Waals surface area contributed by atoms with Crippen molar-refractivity contribution in [3.05, 3.63) is 59.7 Å². The zero-order chi connectivity index (χ0) is 18.2. The number of anilines is 1. The molecule has 4 nitrogen and oxygen atoms in total. The second-order valence-electron chi connectivity index (χ2n) is 6.41. The van der Waals surface area contributed by atoms with E-state index < -0.39 is 6.10 Å². The Morgan fingerprint density at radius 3 is 2.56 bits per heavy atom. The van der Waals surface area contributed by atoms with E-state index in [1.54, 1.807) is 6.92 Å². The SMILES string of the molecule is CCNCc1ccccc1NC(=O)C(C)Oc1cccc(C(C)C)c1. The van der Waals surface area contributed by atoms with E-state index in [-0.39, 0.29) is 5.91 Å². The van der Waals surface area contributed by atoms with Crippen LogP contribution in [0.2, 0.25) is 0 Å². The van der Waals surface area contributed by atoms with E-state index in [9.17, 15) is 4.79 Å². The highest BCUT2D eigenvalue weighted by Gasteiger charge is 2.16. The average Bonchev–Trinajstić information content (AvgIpc) is 2.61. The fraction of sp³-hybridized carbons (Fsp3) is 0.381. The lowest BCUT2D eigenvalue weighted by Crippen LogP contribution is -2.30. The fourth-order valence-corrected chi connectivity index (χ4v) is 2.50. The highest BCUT2D eigenvalue weighted by atomic mass is 16.5. The lowest BCUT2D eigenvalue weighted by Gasteiger charge is -2.17. The molecule has 0 aliphatic carbocycles. The quantitative estimate of drug-likeness (QED) is 0.752. The standard InChI is InChI=1S/C21H28N2O2/c1-5-22-14-18-9-6-7-12-20(18)23-21(24)16(4)25-19-11-8-10-17(13-19)15(2)3/h6-13,15-16,22H,5,14H2,1-4H3,(H,23,24). The van der Waals surface area contributed by atoms with Gasteiger partial charge in [-0.3, -0.25) is 4.79 Å². The van der Waals surface area contributed by atoms with E-state index in [1.165, 1.54) is 5.56 Å². The molecule has 0 saturated heterocycles. The van der Waals surface area contributed by atoms with Crippen LogP contribution in [0.1, 0.15) is 44.7 Å². The van der Waals surface area contributed by atoms with Crippen molar-refractivity contribution in [1.82, 2.24) is 5.32 Å². The van der Waals surface area contributed by atoms with E-state index in [0.717, 1.165) is 30.1 Å². The summed E-state index contributed by atoms with van der Waals surface area (Å²) in [5.41, 5.74) is 3.08. The van der Waals surface area contributed by atoms with Crippen molar-refractivity contribution in [3.8, 4) is 5.75 Å². The molecule has 2 rings (SSSR count). The summed E-state index contributed by atoms with van der Waals surface area (Å²) < 4.78 is 5.83. The van der Waals surface area contributed by atoms with Crippen LogP contribution in [0.4, 0.5) is 5.69 Å². The molecule has 0 aromatic heterocycles. The smallest absolute Gasteiger partial charge is 0.265 e. The van der Waals surface area contributed by atoms with Crippen LogP contribution in [0.5, 0.6) is 5.75 Å². The van der Waals surface area contributed by atoms with E-state index in [2.05, 4.69) is 37.5 Å². The maximum Gasteiger partial charge on any atom is 0.265 e. The summed E-state index contributed by atoms with van der Waals surface area (Å²) in [6.45, 7) is 9.70. The van der Waals surface area contributed by atoms with Gasteiger partial charge in [-0.2, -0.15) is 0 Å². The van der Waals surface area contributed by atoms with Gasteiger partial charge in [-0.15, -0.1) is 0 Å². The zero-order valence-corrected chi connectivity index (χ0v) is 15.5. The van der Waals surface area contributed by atoms with Crippen LogP contribution < -0.4 is 15.4 Å². The number of hydrogen-bond acceptors (Lipinski definition) is 3. The van der Waals surface area contributed by atoms with Gasteiger partial charge >= 0.3 is 0 Å². The number of benzene rings is 2. The van der Waals surface area contributed by atoms with Gasteiger partial charge in [0.2, 0.25) is 0 Å². The Morgan fingerprint density at radius 1 is 1.08 bits per heavy atom. The summed E-state index contributed by atoms with van der Waals surface area (Å²) in [5.74, 6) is 0.985. The molecule has 2 aromatic rings. The predicted octanol–water partition coefficient (Wildman–Crippen LogP) is 4.33. The van der Waals surface area contributed by atoms with Gasteiger partial charge < -0.3 is 15.4 Å². The molecule has 0 bridgehead atoms. The number of para-hydroxylation sites is 1. The maximum absolute atomic E-state index is 12.5. The third-order valence-electron chi connectivity index (χ3n) is 4.05. The molecule has 1 unspecified atom stereocenters. The first-order chi connectivity index (χ1) is 12.0. The number of ether oxygens (including phenoxy) is 1. The summed E-state index contributed by atoms with van der Waals surface area (Å²) >= 11 is 0. The summed E-state index contributed by atoms with van der Waals surface area (Å²) in [4.78, 5) is 12.5. The molecule has 0 heterocycles. The largest absolute Gasteiger partial charge is 0.481 e. The van der Waals surface area contributed by atoms with Gasteiger partial charge in [0.1, 0.15) is 5.75 Å². The molecule has 0 fully saturated rings. The van der Waals surface area contributed by atoms with Crippen molar-refractivity contribution < 1.29 is 9.53 Å². The summed E-state index contributed by atoms with van der Waals surface area (Å²) in [6, 6.07) is 15.7. The van der Waals surface area contributed by atoms with E-state index in [1.807, 2.05) is 42.5 Å². The molecule has 0 spiro atoms. The molecule has 0 aliphatic heterocycles. The van der Waals surface area contributed by atoms with Crippen LogP contribution in [0, 0.1) is 0 Å². The van der Waals surface area contributed by atoms with Crippen LogP contribution >= 0.6 is 0 Å². The first kappa shape index (κ1) is 19.0. The predicted molar refractivity (Wildman–Crippen MR) is 103 cm³/mol. The molecule has 1 amide bonds. The molecule has 0 saturated carbocycles. The number of rotatable bonds is 8. The maximum atomic E-state index is 12.5. The number of carbonyl (C=O) groups excluding carboxylic acids is 1. The second-order valence-corrected chi connectivity index (χ2v) is 6.41. The van der Waals surface area contributed by atoms with Crippen molar-refractivity contribution in [2.75, 3.05) is 11.9 Å². The Bertz CT molecular complexity index is 698. The van der Waals surface area contributed by atoms with Crippen molar-refractivity contribution in [1.29, 1.82) is 0 Å². The average molecular weight is 340 g/mol. The van der Waals surface area contributed by atoms with Gasteiger partial charge in [0, 0.05) is 12.2 Å². The number of hydrogen-bond donors (Lipinski definition) is 2. The Balaban J connectivity index is 2.02. The van der Waals surface area contributed by atoms with Crippen molar-refractivity contribution in [2.45, 2.75) is 46.3 Å². The topological polar surface area (TPSA) is 50.4 Å². The summed E-state index contributed by atoms with van der Waals surface area (Å²) in [7, 11) is 0. The first-order valence-electron chi connectivity index (χ1n) is 8.87. The molecular weight excluding hydrogens is 312 g/mol. The monoisotopic (exact) mass is 340 g/mol. The van der Waals surface area contributed by atoms with E-state index >= 15 is 0 Å². The van der Waals surface area contributed by atoms with Crippen molar-refractivity contribution >= 4 is 11.6 Å². The highest BCUT2D eigenvalue weighted by molar-refractivity contribution is 5.94. The normalized spacial score (nSPS) is 12.0. The lowest BCUT2D eigenvalue weighted by atomic mass is 10.0. The highest BCUT2D eigenvalue weighted by Crippen LogP contribution is 2.21. The Morgan fingerprint density at radius 2 is 1.84 bits per heavy atom. The summed E-state index contributed by atoms with van der Waals surface area (Å²) in [5, 5.41) is 6.25. The molecule has 0 aliphatic rings. The number of amides is 1. The van der Waals surface area contributed by atoms with Gasteiger partial charge in [-0.25, -0.2) is 0 Å². The van der Waals surface area contributed by atoms with E-state index in [0.29, 0.717) is 5.92 Å². The molecule has 1 atom stereocenters. The molecule has 4 heteroatoms. The van der Waals surface area contributed by atoms with Gasteiger partial charge in [0.15, 0.2) is 6.10 Å². The first-order valence-corrected chi connectivity index (χ1v) is 8.87. The Labute approximate surface area is 150 Å². The molecule has 25 heavy (non-hydrogen) atoms. The lowest BCUT2D eigenvalue weighted by molar-refractivity contribution is -0.122. The molecular formula is C21H28N2O2. The van der Waals surface area contributed by atoms with Crippen molar-refractivity contribution in [3.63, 3.8) is 0 Å². The third kappa shape index (κ3) is 5.61. The van der Waals surface area contributed by atoms with Gasteiger partial charge in [-0.05, 0) is 48.7 Å². The third-order valence-corrected chi connectivity index (χ3v) is 4.05. The van der Waals surface area contributed by atoms with Crippen LogP contribution in [0.15, 0.2) is 48.5 Å². The fourth-order valence-electron chi connectivity index (χ4n) is 2.50. The van der Waals surface area contributed by atoms with Crippen LogP contribution in [-0.2, 0) is 11.3 Å². The van der Waals surface area contributed by atoms with Crippen LogP contribution in [-0.4, -0.2) is 18.6 Å². The minimum Gasteiger partial charge on any atom is -0.481 e. The van der Waals surface area contributed by atoms with Gasteiger partial charge in [0.05, 0.1) is 0 Å². The summed E-state index contributed by atoms with van der Waals surface area (Å²) in [6.07, 6.45) is -0.574. The number of carbonyl (C=O) groups is 1.